The number of carbonyl (C=O) groups excluding carboxylic acids is 2. The second-order valence-corrected chi connectivity index (χ2v) is 9.34. The summed E-state index contributed by atoms with van der Waals surface area (Å²) in [4.78, 5) is 30.8. The lowest BCUT2D eigenvalue weighted by atomic mass is 10.0. The number of aromatic amines is 1. The lowest BCUT2D eigenvalue weighted by Crippen LogP contribution is -2.24. The van der Waals surface area contributed by atoms with Gasteiger partial charge < -0.3 is 10.1 Å². The molecule has 0 saturated carbocycles. The van der Waals surface area contributed by atoms with E-state index >= 15 is 0 Å². The number of rotatable bonds is 6. The highest BCUT2D eigenvalue weighted by atomic mass is 35.5. The van der Waals surface area contributed by atoms with E-state index in [-0.39, 0.29) is 16.3 Å². The molecule has 0 atom stereocenters. The van der Waals surface area contributed by atoms with Crippen LogP contribution in [-0.4, -0.2) is 57.8 Å². The summed E-state index contributed by atoms with van der Waals surface area (Å²) in [5, 5.41) is 11.0. The van der Waals surface area contributed by atoms with Gasteiger partial charge in [0.15, 0.2) is 10.9 Å². The number of thiazole rings is 1. The van der Waals surface area contributed by atoms with E-state index in [0.717, 1.165) is 5.01 Å². The number of pyridine rings is 1. The molecule has 0 aliphatic rings. The molecule has 0 aliphatic carbocycles. The largest absolute Gasteiger partial charge is 0.379 e. The molecule has 0 saturated heterocycles. The summed E-state index contributed by atoms with van der Waals surface area (Å²) < 4.78 is 19.9. The van der Waals surface area contributed by atoms with Crippen molar-refractivity contribution in [2.24, 2.45) is 0 Å². The maximum Gasteiger partial charge on any atom is 0.227 e. The maximum atomic E-state index is 15.0. The fourth-order valence-electron chi connectivity index (χ4n) is 2.74. The lowest BCUT2D eigenvalue weighted by molar-refractivity contribution is -0.116. The van der Waals surface area contributed by atoms with Gasteiger partial charge in [0.2, 0.25) is 12.8 Å². The number of carbonyl (C=O) groups is 2. The molecule has 4 aromatic rings. The Labute approximate surface area is 203 Å². The monoisotopic (exact) mass is 507 g/mol. The number of hydrogen-bond donors (Lipinski definition) is 3. The summed E-state index contributed by atoms with van der Waals surface area (Å²) in [6, 6.07) is 3.36. The average molecular weight is 508 g/mol. The molecule has 0 aliphatic heterocycles. The molecule has 1 aromatic carbocycles. The van der Waals surface area contributed by atoms with Crippen LogP contribution in [0.2, 0.25) is 5.02 Å². The van der Waals surface area contributed by atoms with E-state index < -0.39 is 5.82 Å². The summed E-state index contributed by atoms with van der Waals surface area (Å²) in [5.41, 5.74) is 4.34. The molecule has 13 heteroatoms. The Morgan fingerprint density at radius 1 is 1.26 bits per heavy atom. The fraction of sp³-hybridized carbons (Fsp3) is 0.286. The van der Waals surface area contributed by atoms with E-state index in [1.807, 2.05) is 20.8 Å². The molecule has 10 nitrogen and oxygen atoms in total. The van der Waals surface area contributed by atoms with Gasteiger partial charge in [-0.15, -0.1) is 0 Å². The number of nitrogens with one attached hydrogen (secondary N) is 3. The molecule has 0 radical (unpaired) electrons. The maximum absolute atomic E-state index is 15.0. The van der Waals surface area contributed by atoms with E-state index in [0.29, 0.717) is 50.5 Å². The second-order valence-electron chi connectivity index (χ2n) is 7.98. The first-order valence-electron chi connectivity index (χ1n) is 9.91. The van der Waals surface area contributed by atoms with Crippen molar-refractivity contribution in [3.05, 3.63) is 29.2 Å². The molecular weight excluding hydrogens is 485 g/mol. The number of halogens is 2. The van der Waals surface area contributed by atoms with Gasteiger partial charge in [-0.05, 0) is 32.9 Å². The van der Waals surface area contributed by atoms with Crippen molar-refractivity contribution in [1.82, 2.24) is 25.2 Å². The number of nitrogens with zero attached hydrogens (tertiary/aromatic N) is 4. The molecule has 3 heterocycles. The van der Waals surface area contributed by atoms with Crippen LogP contribution >= 0.6 is 22.9 Å². The van der Waals surface area contributed by atoms with Gasteiger partial charge in [-0.3, -0.25) is 25.1 Å². The zero-order valence-corrected chi connectivity index (χ0v) is 20.6. The Balaban J connectivity index is 0.000000481. The SMILES string of the molecule is CN(C=O)Nc1c(F)c(Cl)c(-c2ccc3nc(NC=O)sc3n2)c2cn[nH]c12.COC(C)(C)C. The Morgan fingerprint density at radius 2 is 1.97 bits per heavy atom. The van der Waals surface area contributed by atoms with E-state index in [9.17, 15) is 14.0 Å². The highest BCUT2D eigenvalue weighted by molar-refractivity contribution is 7.21. The summed E-state index contributed by atoms with van der Waals surface area (Å²) in [6.07, 6.45) is 2.52. The molecule has 34 heavy (non-hydrogen) atoms. The van der Waals surface area contributed by atoms with Crippen LogP contribution in [0.5, 0.6) is 0 Å². The summed E-state index contributed by atoms with van der Waals surface area (Å²) >= 11 is 7.51. The van der Waals surface area contributed by atoms with Crippen molar-refractivity contribution in [2.75, 3.05) is 24.9 Å². The highest BCUT2D eigenvalue weighted by Gasteiger charge is 2.23. The summed E-state index contributed by atoms with van der Waals surface area (Å²) in [7, 11) is 3.14. The van der Waals surface area contributed by atoms with Crippen molar-refractivity contribution >= 4 is 67.8 Å². The smallest absolute Gasteiger partial charge is 0.227 e. The van der Waals surface area contributed by atoms with Gasteiger partial charge in [0.25, 0.3) is 0 Å². The number of H-pyrrole nitrogens is 1. The number of amides is 2. The number of hydrogen-bond acceptors (Lipinski definition) is 8. The van der Waals surface area contributed by atoms with Crippen LogP contribution in [-0.2, 0) is 14.3 Å². The van der Waals surface area contributed by atoms with Crippen LogP contribution in [0.1, 0.15) is 20.8 Å². The number of fused-ring (bicyclic) bond motifs is 2. The molecule has 180 valence electrons. The van der Waals surface area contributed by atoms with E-state index in [1.54, 1.807) is 19.2 Å². The molecule has 2 amide bonds. The fourth-order valence-corrected chi connectivity index (χ4v) is 3.83. The van der Waals surface area contributed by atoms with Crippen LogP contribution in [0.3, 0.4) is 0 Å². The lowest BCUT2D eigenvalue weighted by Gasteiger charge is -2.17. The number of methoxy groups -OCH3 is 1. The van der Waals surface area contributed by atoms with E-state index in [4.69, 9.17) is 16.3 Å². The van der Waals surface area contributed by atoms with Crippen molar-refractivity contribution in [2.45, 2.75) is 26.4 Å². The first kappa shape index (κ1) is 25.3. The van der Waals surface area contributed by atoms with Crippen LogP contribution in [0, 0.1) is 5.82 Å². The third-order valence-corrected chi connectivity index (χ3v) is 5.79. The minimum absolute atomic E-state index is 0.00723. The minimum atomic E-state index is -0.753. The zero-order valence-electron chi connectivity index (χ0n) is 19.1. The van der Waals surface area contributed by atoms with Gasteiger partial charge in [-0.2, -0.15) is 5.10 Å². The van der Waals surface area contributed by atoms with E-state index in [2.05, 4.69) is 30.9 Å². The predicted molar refractivity (Wildman–Crippen MR) is 131 cm³/mol. The Hall–Kier alpha value is -3.35. The molecule has 0 bridgehead atoms. The van der Waals surface area contributed by atoms with Gasteiger partial charge in [-0.1, -0.05) is 22.9 Å². The Bertz CT molecular complexity index is 1340. The highest BCUT2D eigenvalue weighted by Crippen LogP contribution is 2.41. The first-order chi connectivity index (χ1) is 16.1. The normalized spacial score (nSPS) is 11.1. The number of aromatic nitrogens is 4. The second kappa shape index (κ2) is 10.3. The Kier molecular flexibility index (Phi) is 7.64. The Morgan fingerprint density at radius 3 is 2.59 bits per heavy atom. The van der Waals surface area contributed by atoms with Gasteiger partial charge in [0, 0.05) is 25.1 Å². The number of benzene rings is 1. The third-order valence-electron chi connectivity index (χ3n) is 4.54. The zero-order chi connectivity index (χ0) is 25.0. The molecule has 0 unspecified atom stereocenters. The molecular formula is C21H23ClFN7O3S. The van der Waals surface area contributed by atoms with Crippen LogP contribution in [0.25, 0.3) is 32.5 Å². The summed E-state index contributed by atoms with van der Waals surface area (Å²) in [6.45, 7) is 6.06. The molecule has 4 rings (SSSR count). The molecule has 0 fully saturated rings. The third kappa shape index (κ3) is 5.41. The van der Waals surface area contributed by atoms with Gasteiger partial charge in [0.1, 0.15) is 16.0 Å². The standard InChI is InChI=1S/C16H11ClFN7O2S.C5H12O/c1-25(6-27)24-14-12(18)11(17)10(7-4-20-23-13(7)14)8-2-3-9-15(21-8)28-16(22-9)19-5-26;1-5(2,3)6-4/h2-6,24H,1H3,(H,20,23)(H,19,22,26);1-4H3. The first-order valence-corrected chi connectivity index (χ1v) is 11.1. The average Bonchev–Trinajstić information content (AvgIpc) is 3.43. The van der Waals surface area contributed by atoms with Crippen molar-refractivity contribution in [3.8, 4) is 11.3 Å². The van der Waals surface area contributed by atoms with Crippen LogP contribution < -0.4 is 10.7 Å². The summed E-state index contributed by atoms with van der Waals surface area (Å²) in [5.74, 6) is -0.753. The van der Waals surface area contributed by atoms with Crippen LogP contribution in [0.4, 0.5) is 15.2 Å². The van der Waals surface area contributed by atoms with Gasteiger partial charge in [-0.25, -0.2) is 14.4 Å². The van der Waals surface area contributed by atoms with Crippen LogP contribution in [0.15, 0.2) is 18.3 Å². The van der Waals surface area contributed by atoms with Crippen molar-refractivity contribution in [3.63, 3.8) is 0 Å². The van der Waals surface area contributed by atoms with Gasteiger partial charge in [0.05, 0.1) is 28.0 Å². The number of ether oxygens (including phenoxy) is 1. The minimum Gasteiger partial charge on any atom is -0.379 e. The van der Waals surface area contributed by atoms with E-state index in [1.165, 1.54) is 24.6 Å². The predicted octanol–water partition coefficient (Wildman–Crippen LogP) is 4.44. The topological polar surface area (TPSA) is 125 Å². The number of anilines is 2. The quantitative estimate of drug-likeness (QED) is 0.260. The van der Waals surface area contributed by atoms with Crippen molar-refractivity contribution < 1.29 is 18.7 Å². The van der Waals surface area contributed by atoms with Gasteiger partial charge >= 0.3 is 0 Å². The number of hydrazine groups is 1. The molecule has 3 aromatic heterocycles. The molecule has 0 spiro atoms. The van der Waals surface area contributed by atoms with Crippen molar-refractivity contribution in [1.29, 1.82) is 0 Å². The molecule has 3 N–H and O–H groups in total.